The van der Waals surface area contributed by atoms with Crippen LogP contribution in [0.5, 0.6) is 23.0 Å². The Bertz CT molecular complexity index is 1410. The molecule has 0 bridgehead atoms. The van der Waals surface area contributed by atoms with Crippen molar-refractivity contribution in [1.82, 2.24) is 9.88 Å². The van der Waals surface area contributed by atoms with E-state index in [1.165, 1.54) is 26.2 Å². The number of hydrogen-bond donors (Lipinski definition) is 1. The highest BCUT2D eigenvalue weighted by molar-refractivity contribution is 6.46. The van der Waals surface area contributed by atoms with E-state index in [4.69, 9.17) is 18.9 Å². The van der Waals surface area contributed by atoms with Crippen LogP contribution in [-0.2, 0) is 16.1 Å². The molecule has 1 saturated heterocycles. The Balaban J connectivity index is 1.89. The van der Waals surface area contributed by atoms with Gasteiger partial charge in [-0.05, 0) is 65.9 Å². The lowest BCUT2D eigenvalue weighted by Crippen LogP contribution is -2.29. The molecule has 1 N–H and O–H groups in total. The SMILES string of the molecule is COc1cc([C@@H]2/C(=C(\O)c3ccc(OCC(C)C)cc3C)C(=O)C(=O)N2Cc2cccnc2)cc(OC)c1OC. The van der Waals surface area contributed by atoms with Gasteiger partial charge in [-0.2, -0.15) is 0 Å². The van der Waals surface area contributed by atoms with Crippen LogP contribution < -0.4 is 18.9 Å². The van der Waals surface area contributed by atoms with Gasteiger partial charge in [0.1, 0.15) is 11.5 Å². The lowest BCUT2D eigenvalue weighted by Gasteiger charge is -2.26. The number of aliphatic hydroxyl groups is 1. The molecule has 2 heterocycles. The van der Waals surface area contributed by atoms with Gasteiger partial charge in [-0.25, -0.2) is 0 Å². The number of aromatic nitrogens is 1. The highest BCUT2D eigenvalue weighted by Gasteiger charge is 2.46. The molecule has 210 valence electrons. The zero-order valence-electron chi connectivity index (χ0n) is 23.6. The Labute approximate surface area is 234 Å². The lowest BCUT2D eigenvalue weighted by atomic mass is 9.93. The molecule has 1 aromatic heterocycles. The van der Waals surface area contributed by atoms with Gasteiger partial charge >= 0.3 is 0 Å². The van der Waals surface area contributed by atoms with Crippen LogP contribution in [0.25, 0.3) is 5.76 Å². The monoisotopic (exact) mass is 546 g/mol. The number of carbonyl (C=O) groups is 2. The second-order valence-electron chi connectivity index (χ2n) is 9.93. The smallest absolute Gasteiger partial charge is 0.295 e. The molecule has 9 nitrogen and oxygen atoms in total. The molecule has 0 radical (unpaired) electrons. The molecule has 0 unspecified atom stereocenters. The van der Waals surface area contributed by atoms with Crippen molar-refractivity contribution in [2.24, 2.45) is 5.92 Å². The molecule has 1 atom stereocenters. The largest absolute Gasteiger partial charge is 0.507 e. The van der Waals surface area contributed by atoms with Crippen LogP contribution in [0.4, 0.5) is 0 Å². The number of aryl methyl sites for hydroxylation is 1. The molecular formula is C31H34N2O7. The Morgan fingerprint density at radius 2 is 1.73 bits per heavy atom. The van der Waals surface area contributed by atoms with Gasteiger partial charge in [0, 0.05) is 24.5 Å². The minimum atomic E-state index is -0.940. The van der Waals surface area contributed by atoms with Gasteiger partial charge in [-0.15, -0.1) is 0 Å². The molecule has 2 aromatic carbocycles. The second-order valence-corrected chi connectivity index (χ2v) is 9.93. The van der Waals surface area contributed by atoms with Crippen molar-refractivity contribution in [3.8, 4) is 23.0 Å². The summed E-state index contributed by atoms with van der Waals surface area (Å²) >= 11 is 0. The number of benzene rings is 2. The van der Waals surface area contributed by atoms with Crippen LogP contribution >= 0.6 is 0 Å². The third-order valence-electron chi connectivity index (χ3n) is 6.65. The van der Waals surface area contributed by atoms with Crippen LogP contribution in [0.2, 0.25) is 0 Å². The van der Waals surface area contributed by atoms with E-state index in [1.54, 1.807) is 48.8 Å². The number of nitrogens with zero attached hydrogens (tertiary/aromatic N) is 2. The third-order valence-corrected chi connectivity index (χ3v) is 6.65. The first kappa shape index (κ1) is 28.5. The van der Waals surface area contributed by atoms with Gasteiger partial charge < -0.3 is 29.0 Å². The molecule has 1 amide bonds. The average Bonchev–Trinajstić information content (AvgIpc) is 3.20. The highest BCUT2D eigenvalue weighted by atomic mass is 16.5. The fourth-order valence-corrected chi connectivity index (χ4v) is 4.74. The first-order chi connectivity index (χ1) is 19.2. The Hall–Kier alpha value is -4.53. The number of methoxy groups -OCH3 is 3. The molecular weight excluding hydrogens is 512 g/mol. The predicted molar refractivity (Wildman–Crippen MR) is 150 cm³/mol. The topological polar surface area (TPSA) is 107 Å². The summed E-state index contributed by atoms with van der Waals surface area (Å²) in [6.45, 7) is 6.57. The van der Waals surface area contributed by atoms with Crippen molar-refractivity contribution in [3.63, 3.8) is 0 Å². The van der Waals surface area contributed by atoms with Crippen LogP contribution in [0.3, 0.4) is 0 Å². The molecule has 3 aromatic rings. The summed E-state index contributed by atoms with van der Waals surface area (Å²) < 4.78 is 22.4. The molecule has 1 aliphatic heterocycles. The number of carbonyl (C=O) groups excluding carboxylic acids is 2. The van der Waals surface area contributed by atoms with Crippen LogP contribution in [-0.4, -0.2) is 54.6 Å². The normalized spacial score (nSPS) is 16.4. The van der Waals surface area contributed by atoms with Crippen LogP contribution in [0.15, 0.2) is 60.4 Å². The summed E-state index contributed by atoms with van der Waals surface area (Å²) in [5, 5.41) is 11.6. The van der Waals surface area contributed by atoms with E-state index in [9.17, 15) is 14.7 Å². The van der Waals surface area contributed by atoms with E-state index in [-0.39, 0.29) is 17.9 Å². The molecule has 0 saturated carbocycles. The molecule has 0 aliphatic carbocycles. The predicted octanol–water partition coefficient (Wildman–Crippen LogP) is 5.07. The van der Waals surface area contributed by atoms with Crippen molar-refractivity contribution >= 4 is 17.4 Å². The number of pyridine rings is 1. The summed E-state index contributed by atoms with van der Waals surface area (Å²) in [7, 11) is 4.46. The maximum absolute atomic E-state index is 13.6. The molecule has 1 aliphatic rings. The van der Waals surface area contributed by atoms with E-state index in [2.05, 4.69) is 18.8 Å². The lowest BCUT2D eigenvalue weighted by molar-refractivity contribution is -0.140. The Morgan fingerprint density at radius 1 is 1.02 bits per heavy atom. The number of likely N-dealkylation sites (tertiary alicyclic amines) is 1. The van der Waals surface area contributed by atoms with E-state index in [1.807, 2.05) is 13.0 Å². The third kappa shape index (κ3) is 5.59. The number of ether oxygens (including phenoxy) is 4. The maximum Gasteiger partial charge on any atom is 0.295 e. The average molecular weight is 547 g/mol. The van der Waals surface area contributed by atoms with Crippen molar-refractivity contribution < 1.29 is 33.6 Å². The van der Waals surface area contributed by atoms with Gasteiger partial charge in [0.05, 0.1) is 39.6 Å². The fourth-order valence-electron chi connectivity index (χ4n) is 4.74. The second kappa shape index (κ2) is 12.1. The first-order valence-corrected chi connectivity index (χ1v) is 12.9. The maximum atomic E-state index is 13.6. The summed E-state index contributed by atoms with van der Waals surface area (Å²) in [6.07, 6.45) is 3.26. The Morgan fingerprint density at radius 3 is 2.27 bits per heavy atom. The van der Waals surface area contributed by atoms with E-state index >= 15 is 0 Å². The van der Waals surface area contributed by atoms with Crippen molar-refractivity contribution in [3.05, 3.63) is 82.7 Å². The number of ketones is 1. The Kier molecular flexibility index (Phi) is 8.62. The summed E-state index contributed by atoms with van der Waals surface area (Å²) in [5.74, 6) is 0.268. The molecule has 1 fully saturated rings. The van der Waals surface area contributed by atoms with Gasteiger partial charge in [0.25, 0.3) is 11.7 Å². The number of amides is 1. The zero-order chi connectivity index (χ0) is 29.0. The van der Waals surface area contributed by atoms with Gasteiger partial charge in [-0.1, -0.05) is 19.9 Å². The van der Waals surface area contributed by atoms with Crippen LogP contribution in [0.1, 0.15) is 42.1 Å². The van der Waals surface area contributed by atoms with E-state index in [0.29, 0.717) is 52.2 Å². The minimum absolute atomic E-state index is 0.0397. The van der Waals surface area contributed by atoms with Crippen LogP contribution in [0, 0.1) is 12.8 Å². The van der Waals surface area contributed by atoms with E-state index < -0.39 is 17.7 Å². The van der Waals surface area contributed by atoms with Gasteiger partial charge in [0.2, 0.25) is 5.75 Å². The van der Waals surface area contributed by atoms with E-state index in [0.717, 1.165) is 5.56 Å². The molecule has 0 spiro atoms. The first-order valence-electron chi connectivity index (χ1n) is 12.9. The summed E-state index contributed by atoms with van der Waals surface area (Å²) in [6, 6.07) is 11.2. The van der Waals surface area contributed by atoms with Crippen molar-refractivity contribution in [2.75, 3.05) is 27.9 Å². The summed E-state index contributed by atoms with van der Waals surface area (Å²) in [5.41, 5.74) is 2.31. The zero-order valence-corrected chi connectivity index (χ0v) is 23.6. The quantitative estimate of drug-likeness (QED) is 0.213. The van der Waals surface area contributed by atoms with Gasteiger partial charge in [-0.3, -0.25) is 14.6 Å². The standard InChI is InChI=1S/C31H34N2O7/c1-18(2)17-40-22-9-10-23(19(3)12-22)28(34)26-27(21-13-24(37-4)30(39-6)25(14-21)38-5)33(31(36)29(26)35)16-20-8-7-11-32-15-20/h7-15,18,27,34H,16-17H2,1-6H3/b28-26+/t27-/m1/s1. The fraction of sp³-hybridized carbons (Fsp3) is 0.323. The minimum Gasteiger partial charge on any atom is -0.507 e. The van der Waals surface area contributed by atoms with Crippen molar-refractivity contribution in [2.45, 2.75) is 33.4 Å². The molecule has 40 heavy (non-hydrogen) atoms. The summed E-state index contributed by atoms with van der Waals surface area (Å²) in [4.78, 5) is 32.6. The van der Waals surface area contributed by atoms with Gasteiger partial charge in [0.15, 0.2) is 11.5 Å². The molecule has 4 rings (SSSR count). The number of Topliss-reactive ketones (excluding diaryl/α,β-unsaturated/α-hetero) is 1. The molecule has 9 heteroatoms. The highest BCUT2D eigenvalue weighted by Crippen LogP contribution is 2.46. The van der Waals surface area contributed by atoms with Crippen molar-refractivity contribution in [1.29, 1.82) is 0 Å². The number of rotatable bonds is 10. The number of aliphatic hydroxyl groups excluding tert-OH is 1. The number of hydrogen-bond acceptors (Lipinski definition) is 8.